The van der Waals surface area contributed by atoms with Gasteiger partial charge in [0.25, 0.3) is 11.8 Å². The van der Waals surface area contributed by atoms with E-state index < -0.39 is 11.8 Å². The first kappa shape index (κ1) is 17.6. The Morgan fingerprint density at radius 2 is 1.72 bits per heavy atom. The Balaban J connectivity index is 1.96. The van der Waals surface area contributed by atoms with Gasteiger partial charge in [-0.05, 0) is 42.8 Å². The molecule has 5 nitrogen and oxygen atoms in total. The van der Waals surface area contributed by atoms with E-state index in [0.29, 0.717) is 15.7 Å². The van der Waals surface area contributed by atoms with E-state index >= 15 is 0 Å². The summed E-state index contributed by atoms with van der Waals surface area (Å²) >= 11 is 18.0. The third-order valence-corrected chi connectivity index (χ3v) is 4.65. The first-order valence-electron chi connectivity index (χ1n) is 7.10. The van der Waals surface area contributed by atoms with Crippen LogP contribution in [-0.2, 0) is 9.59 Å². The van der Waals surface area contributed by atoms with Crippen LogP contribution in [0.4, 0.5) is 11.4 Å². The van der Waals surface area contributed by atoms with Gasteiger partial charge in [0, 0.05) is 10.0 Å². The molecule has 2 aromatic rings. The second-order valence-corrected chi connectivity index (χ2v) is 6.58. The number of nitrogens with one attached hydrogen (secondary N) is 1. The molecule has 0 atom stereocenters. The molecule has 1 aliphatic rings. The number of hydrogen-bond acceptors (Lipinski definition) is 4. The number of halogens is 3. The van der Waals surface area contributed by atoms with Gasteiger partial charge in [-0.3, -0.25) is 9.59 Å². The molecule has 0 spiro atoms. The lowest BCUT2D eigenvalue weighted by Gasteiger charge is -2.16. The number of rotatable bonds is 3. The molecule has 2 aromatic carbocycles. The van der Waals surface area contributed by atoms with E-state index in [1.807, 2.05) is 0 Å². The summed E-state index contributed by atoms with van der Waals surface area (Å²) in [7, 11) is 0. The van der Waals surface area contributed by atoms with Crippen LogP contribution < -0.4 is 10.2 Å². The predicted molar refractivity (Wildman–Crippen MR) is 98.3 cm³/mol. The molecule has 0 fully saturated rings. The standard InChI is InChI=1S/C17H11Cl3N2O3/c1-8-2-4-10(7-11(8)19)22-16(24)14(20)15(17(22)25)21-12-6-9(18)3-5-13(12)23/h2-7,21,23H,1H3. The number of amides is 2. The van der Waals surface area contributed by atoms with Gasteiger partial charge in [0.1, 0.15) is 16.5 Å². The average molecular weight is 398 g/mol. The van der Waals surface area contributed by atoms with E-state index in [2.05, 4.69) is 5.32 Å². The van der Waals surface area contributed by atoms with Crippen molar-refractivity contribution in [1.82, 2.24) is 0 Å². The van der Waals surface area contributed by atoms with E-state index in [1.165, 1.54) is 24.3 Å². The van der Waals surface area contributed by atoms with Crippen LogP contribution in [0.3, 0.4) is 0 Å². The Labute approximate surface area is 158 Å². The van der Waals surface area contributed by atoms with Crippen molar-refractivity contribution >= 4 is 58.0 Å². The fourth-order valence-electron chi connectivity index (χ4n) is 2.31. The third kappa shape index (κ3) is 3.18. The summed E-state index contributed by atoms with van der Waals surface area (Å²) < 4.78 is 0. The summed E-state index contributed by atoms with van der Waals surface area (Å²) in [5.74, 6) is -1.48. The zero-order valence-electron chi connectivity index (χ0n) is 12.8. The summed E-state index contributed by atoms with van der Waals surface area (Å²) in [4.78, 5) is 26.0. The van der Waals surface area contributed by atoms with Gasteiger partial charge in [0.2, 0.25) is 0 Å². The summed E-state index contributed by atoms with van der Waals surface area (Å²) in [6.45, 7) is 1.81. The van der Waals surface area contributed by atoms with Crippen molar-refractivity contribution in [3.05, 3.63) is 62.7 Å². The van der Waals surface area contributed by atoms with Gasteiger partial charge in [-0.1, -0.05) is 40.9 Å². The minimum Gasteiger partial charge on any atom is -0.506 e. The lowest BCUT2D eigenvalue weighted by molar-refractivity contribution is -0.120. The third-order valence-electron chi connectivity index (χ3n) is 3.66. The summed E-state index contributed by atoms with van der Waals surface area (Å²) in [5, 5.41) is 13.0. The van der Waals surface area contributed by atoms with Crippen molar-refractivity contribution in [1.29, 1.82) is 0 Å². The lowest BCUT2D eigenvalue weighted by atomic mass is 10.2. The molecule has 0 saturated carbocycles. The van der Waals surface area contributed by atoms with E-state index in [0.717, 1.165) is 10.5 Å². The van der Waals surface area contributed by atoms with Crippen LogP contribution in [0, 0.1) is 6.92 Å². The number of nitrogens with zero attached hydrogens (tertiary/aromatic N) is 1. The molecular formula is C17H11Cl3N2O3. The highest BCUT2D eigenvalue weighted by molar-refractivity contribution is 6.53. The molecule has 2 N–H and O–H groups in total. The number of hydrogen-bond donors (Lipinski definition) is 2. The predicted octanol–water partition coefficient (Wildman–Crippen LogP) is 4.44. The maximum absolute atomic E-state index is 12.7. The summed E-state index contributed by atoms with van der Waals surface area (Å²) in [6, 6.07) is 9.06. The molecule has 8 heteroatoms. The highest BCUT2D eigenvalue weighted by Crippen LogP contribution is 2.34. The number of phenols is 1. The molecule has 0 aromatic heterocycles. The minimum absolute atomic E-state index is 0.140. The summed E-state index contributed by atoms with van der Waals surface area (Å²) in [5.41, 5.74) is 1.12. The molecule has 1 heterocycles. The second-order valence-electron chi connectivity index (χ2n) is 5.35. The number of imide groups is 1. The number of aromatic hydroxyl groups is 1. The molecule has 0 aliphatic carbocycles. The SMILES string of the molecule is Cc1ccc(N2C(=O)C(Cl)=C(Nc3cc(Cl)ccc3O)C2=O)cc1Cl. The number of phenolic OH excluding ortho intramolecular Hbond substituents is 1. The molecule has 0 bridgehead atoms. The Bertz CT molecular complexity index is 941. The van der Waals surface area contributed by atoms with E-state index in [4.69, 9.17) is 34.8 Å². The van der Waals surface area contributed by atoms with Gasteiger partial charge in [0.15, 0.2) is 0 Å². The number of benzene rings is 2. The number of aryl methyl sites for hydroxylation is 1. The van der Waals surface area contributed by atoms with E-state index in [-0.39, 0.29) is 22.2 Å². The van der Waals surface area contributed by atoms with Gasteiger partial charge in [-0.15, -0.1) is 0 Å². The maximum atomic E-state index is 12.7. The van der Waals surface area contributed by atoms with Crippen LogP contribution in [0.1, 0.15) is 5.56 Å². The molecule has 128 valence electrons. The highest BCUT2D eigenvalue weighted by atomic mass is 35.5. The first-order valence-corrected chi connectivity index (χ1v) is 8.23. The summed E-state index contributed by atoms with van der Waals surface area (Å²) in [6.07, 6.45) is 0. The fraction of sp³-hybridized carbons (Fsp3) is 0.0588. The maximum Gasteiger partial charge on any atom is 0.283 e. The van der Waals surface area contributed by atoms with Crippen molar-refractivity contribution in [2.24, 2.45) is 0 Å². The van der Waals surface area contributed by atoms with Crippen molar-refractivity contribution in [2.45, 2.75) is 6.92 Å². The number of carbonyl (C=O) groups excluding carboxylic acids is 2. The Hall–Kier alpha value is -2.21. The van der Waals surface area contributed by atoms with Gasteiger partial charge >= 0.3 is 0 Å². The quantitative estimate of drug-likeness (QED) is 0.593. The first-order chi connectivity index (χ1) is 11.8. The topological polar surface area (TPSA) is 69.6 Å². The van der Waals surface area contributed by atoms with Crippen LogP contribution in [0.25, 0.3) is 0 Å². The second kappa shape index (κ2) is 6.59. The van der Waals surface area contributed by atoms with Crippen molar-refractivity contribution in [2.75, 3.05) is 10.2 Å². The van der Waals surface area contributed by atoms with Gasteiger partial charge < -0.3 is 10.4 Å². The number of anilines is 2. The van der Waals surface area contributed by atoms with Gasteiger partial charge in [-0.2, -0.15) is 0 Å². The van der Waals surface area contributed by atoms with Crippen molar-refractivity contribution < 1.29 is 14.7 Å². The molecule has 0 unspecified atom stereocenters. The largest absolute Gasteiger partial charge is 0.506 e. The fourth-order valence-corrected chi connectivity index (χ4v) is 2.87. The Kier molecular flexibility index (Phi) is 4.64. The average Bonchev–Trinajstić information content (AvgIpc) is 2.77. The molecule has 2 amide bonds. The molecule has 0 saturated heterocycles. The highest BCUT2D eigenvalue weighted by Gasteiger charge is 2.39. The Morgan fingerprint density at radius 3 is 2.40 bits per heavy atom. The molecule has 3 rings (SSSR count). The van der Waals surface area contributed by atoms with Gasteiger partial charge in [0.05, 0.1) is 11.4 Å². The molecular weight excluding hydrogens is 387 g/mol. The smallest absolute Gasteiger partial charge is 0.283 e. The molecule has 25 heavy (non-hydrogen) atoms. The zero-order chi connectivity index (χ0) is 18.3. The van der Waals surface area contributed by atoms with Crippen LogP contribution in [0.2, 0.25) is 10.0 Å². The van der Waals surface area contributed by atoms with Crippen LogP contribution in [0.15, 0.2) is 47.1 Å². The monoisotopic (exact) mass is 396 g/mol. The molecule has 1 aliphatic heterocycles. The van der Waals surface area contributed by atoms with Crippen LogP contribution >= 0.6 is 34.8 Å². The van der Waals surface area contributed by atoms with Crippen molar-refractivity contribution in [3.63, 3.8) is 0 Å². The van der Waals surface area contributed by atoms with E-state index in [1.54, 1.807) is 19.1 Å². The normalized spacial score (nSPS) is 14.5. The molecule has 0 radical (unpaired) electrons. The van der Waals surface area contributed by atoms with E-state index in [9.17, 15) is 14.7 Å². The van der Waals surface area contributed by atoms with Gasteiger partial charge in [-0.25, -0.2) is 4.90 Å². The van der Waals surface area contributed by atoms with Crippen LogP contribution in [-0.4, -0.2) is 16.9 Å². The zero-order valence-corrected chi connectivity index (χ0v) is 15.1. The minimum atomic E-state index is -0.685. The lowest BCUT2D eigenvalue weighted by Crippen LogP contribution is -2.32. The Morgan fingerprint density at radius 1 is 1.00 bits per heavy atom. The van der Waals surface area contributed by atoms with Crippen LogP contribution in [0.5, 0.6) is 5.75 Å². The number of carbonyl (C=O) groups is 2. The van der Waals surface area contributed by atoms with Crippen molar-refractivity contribution in [3.8, 4) is 5.75 Å².